The summed E-state index contributed by atoms with van der Waals surface area (Å²) in [4.78, 5) is 11.9. The molecule has 92 valence electrons. The number of carbonyl (C=O) groups is 1. The molecule has 1 amide bonds. The smallest absolute Gasteiger partial charge is 0.232 e. The summed E-state index contributed by atoms with van der Waals surface area (Å²) >= 11 is 0. The molecule has 0 bridgehead atoms. The molecule has 1 aliphatic heterocycles. The van der Waals surface area contributed by atoms with Crippen LogP contribution < -0.4 is 11.1 Å². The van der Waals surface area contributed by atoms with Crippen LogP contribution in [0.2, 0.25) is 0 Å². The largest absolute Gasteiger partial charge is 0.325 e. The minimum Gasteiger partial charge on any atom is -0.325 e. The van der Waals surface area contributed by atoms with Gasteiger partial charge in [0.15, 0.2) is 0 Å². The summed E-state index contributed by atoms with van der Waals surface area (Å²) in [6, 6.07) is 4.21. The highest BCUT2D eigenvalue weighted by Crippen LogP contribution is 2.38. The van der Waals surface area contributed by atoms with Gasteiger partial charge in [-0.15, -0.1) is 0 Å². The van der Waals surface area contributed by atoms with Crippen LogP contribution in [0.15, 0.2) is 12.1 Å². The Morgan fingerprint density at radius 2 is 2.12 bits per heavy atom. The van der Waals surface area contributed by atoms with Crippen LogP contribution in [0.5, 0.6) is 0 Å². The van der Waals surface area contributed by atoms with Gasteiger partial charge in [-0.3, -0.25) is 4.79 Å². The molecule has 0 fully saturated rings. The third kappa shape index (κ3) is 1.95. The van der Waals surface area contributed by atoms with E-state index in [4.69, 9.17) is 5.73 Å². The van der Waals surface area contributed by atoms with Gasteiger partial charge in [-0.1, -0.05) is 26.0 Å². The normalized spacial score (nSPS) is 20.0. The van der Waals surface area contributed by atoms with Crippen molar-refractivity contribution in [2.75, 3.05) is 5.32 Å². The lowest BCUT2D eigenvalue weighted by Gasteiger charge is -2.13. The quantitative estimate of drug-likeness (QED) is 0.842. The van der Waals surface area contributed by atoms with E-state index in [0.29, 0.717) is 0 Å². The van der Waals surface area contributed by atoms with Crippen LogP contribution in [-0.2, 0) is 11.2 Å². The molecule has 3 nitrogen and oxygen atoms in total. The van der Waals surface area contributed by atoms with Crippen LogP contribution in [0.3, 0.4) is 0 Å². The van der Waals surface area contributed by atoms with E-state index in [2.05, 4.69) is 24.4 Å². The summed E-state index contributed by atoms with van der Waals surface area (Å²) in [5.74, 6) is 0.119. The van der Waals surface area contributed by atoms with E-state index in [9.17, 15) is 4.79 Å². The topological polar surface area (TPSA) is 55.1 Å². The predicted molar refractivity (Wildman–Crippen MR) is 70.1 cm³/mol. The van der Waals surface area contributed by atoms with E-state index in [1.165, 1.54) is 5.56 Å². The number of hydrogen-bond donors (Lipinski definition) is 2. The molecule has 2 unspecified atom stereocenters. The predicted octanol–water partition coefficient (Wildman–Crippen LogP) is 2.71. The minimum atomic E-state index is -0.00556. The second kappa shape index (κ2) is 4.49. The van der Waals surface area contributed by atoms with E-state index in [1.807, 2.05) is 13.8 Å². The lowest BCUT2D eigenvalue weighted by Crippen LogP contribution is -2.11. The van der Waals surface area contributed by atoms with Gasteiger partial charge in [-0.25, -0.2) is 0 Å². The molecule has 0 saturated carbocycles. The summed E-state index contributed by atoms with van der Waals surface area (Å²) in [5.41, 5.74) is 10.4. The molecule has 3 N–H and O–H groups in total. The number of nitrogens with two attached hydrogens (primary N) is 1. The summed E-state index contributed by atoms with van der Waals surface area (Å²) in [5, 5.41) is 3.00. The number of amides is 1. The Morgan fingerprint density at radius 1 is 1.41 bits per heavy atom. The highest BCUT2D eigenvalue weighted by atomic mass is 16.2. The maximum absolute atomic E-state index is 11.9. The Kier molecular flexibility index (Phi) is 3.20. The molecule has 1 aromatic rings. The van der Waals surface area contributed by atoms with Crippen molar-refractivity contribution < 1.29 is 4.79 Å². The molecule has 0 aliphatic carbocycles. The maximum Gasteiger partial charge on any atom is 0.232 e. The van der Waals surface area contributed by atoms with Gasteiger partial charge in [0.2, 0.25) is 5.91 Å². The van der Waals surface area contributed by atoms with Gasteiger partial charge < -0.3 is 11.1 Å². The molecule has 0 aromatic heterocycles. The molecule has 1 heterocycles. The summed E-state index contributed by atoms with van der Waals surface area (Å²) in [6.07, 6.45) is 1.75. The molecule has 0 saturated heterocycles. The first-order valence-corrected chi connectivity index (χ1v) is 6.31. The van der Waals surface area contributed by atoms with Crippen LogP contribution in [0, 0.1) is 0 Å². The zero-order chi connectivity index (χ0) is 12.6. The van der Waals surface area contributed by atoms with Crippen LogP contribution in [0.25, 0.3) is 0 Å². The van der Waals surface area contributed by atoms with Crippen molar-refractivity contribution in [3.63, 3.8) is 0 Å². The Bertz CT molecular complexity index is 452. The van der Waals surface area contributed by atoms with Crippen LogP contribution in [0.1, 0.15) is 55.8 Å². The van der Waals surface area contributed by atoms with Crippen LogP contribution in [0.4, 0.5) is 5.69 Å². The number of benzene rings is 1. The number of hydrogen-bond acceptors (Lipinski definition) is 2. The zero-order valence-corrected chi connectivity index (χ0v) is 10.7. The Labute approximate surface area is 102 Å². The third-order valence-electron chi connectivity index (χ3n) is 3.53. The van der Waals surface area contributed by atoms with Gasteiger partial charge in [0.25, 0.3) is 0 Å². The van der Waals surface area contributed by atoms with Gasteiger partial charge in [0.05, 0.1) is 5.92 Å². The van der Waals surface area contributed by atoms with E-state index in [1.54, 1.807) is 0 Å². The first-order valence-electron chi connectivity index (χ1n) is 6.31. The van der Waals surface area contributed by atoms with Gasteiger partial charge in [-0.05, 0) is 36.5 Å². The second-order valence-electron chi connectivity index (χ2n) is 4.74. The van der Waals surface area contributed by atoms with Crippen molar-refractivity contribution in [1.29, 1.82) is 0 Å². The number of rotatable bonds is 3. The summed E-state index contributed by atoms with van der Waals surface area (Å²) < 4.78 is 0. The molecule has 0 radical (unpaired) electrons. The lowest BCUT2D eigenvalue weighted by molar-refractivity contribution is -0.117. The van der Waals surface area contributed by atoms with Gasteiger partial charge in [0, 0.05) is 11.7 Å². The number of nitrogens with one attached hydrogen (secondary N) is 1. The molecule has 2 atom stereocenters. The Morgan fingerprint density at radius 3 is 2.65 bits per heavy atom. The second-order valence-corrected chi connectivity index (χ2v) is 4.74. The van der Waals surface area contributed by atoms with Crippen molar-refractivity contribution in [3.8, 4) is 0 Å². The van der Waals surface area contributed by atoms with Gasteiger partial charge >= 0.3 is 0 Å². The Balaban J connectivity index is 2.57. The molecular weight excluding hydrogens is 212 g/mol. The van der Waals surface area contributed by atoms with E-state index >= 15 is 0 Å². The van der Waals surface area contributed by atoms with Gasteiger partial charge in [-0.2, -0.15) is 0 Å². The molecule has 1 aliphatic rings. The summed E-state index contributed by atoms with van der Waals surface area (Å²) in [7, 11) is 0. The lowest BCUT2D eigenvalue weighted by atomic mass is 9.92. The van der Waals surface area contributed by atoms with Crippen molar-refractivity contribution in [1.82, 2.24) is 0 Å². The minimum absolute atomic E-state index is 0.00556. The summed E-state index contributed by atoms with van der Waals surface area (Å²) in [6.45, 7) is 6.13. The van der Waals surface area contributed by atoms with Crippen LogP contribution >= 0.6 is 0 Å². The average molecular weight is 232 g/mol. The zero-order valence-electron chi connectivity index (χ0n) is 10.7. The van der Waals surface area contributed by atoms with Crippen molar-refractivity contribution >= 4 is 11.6 Å². The van der Waals surface area contributed by atoms with Crippen molar-refractivity contribution in [2.45, 2.75) is 45.6 Å². The highest BCUT2D eigenvalue weighted by Gasteiger charge is 2.31. The fourth-order valence-corrected chi connectivity index (χ4v) is 2.48. The standard InChI is InChI=1S/C14H20N2O/c1-4-9-6-10(8(3)15)7-12-11(5-2)14(17)16-13(9)12/h6-8,11H,4-5,15H2,1-3H3,(H,16,17). The first kappa shape index (κ1) is 12.1. The number of aryl methyl sites for hydroxylation is 1. The fourth-order valence-electron chi connectivity index (χ4n) is 2.48. The first-order chi connectivity index (χ1) is 8.08. The molecule has 2 rings (SSSR count). The number of fused-ring (bicyclic) bond motifs is 1. The number of carbonyl (C=O) groups excluding carboxylic acids is 1. The molecule has 1 aromatic carbocycles. The maximum atomic E-state index is 11.9. The molecule has 3 heteroatoms. The third-order valence-corrected chi connectivity index (χ3v) is 3.53. The fraction of sp³-hybridized carbons (Fsp3) is 0.500. The van der Waals surface area contributed by atoms with Crippen LogP contribution in [-0.4, -0.2) is 5.91 Å². The molecular formula is C14H20N2O. The van der Waals surface area contributed by atoms with Crippen molar-refractivity contribution in [2.24, 2.45) is 5.73 Å². The Hall–Kier alpha value is -1.35. The number of anilines is 1. The molecule has 17 heavy (non-hydrogen) atoms. The SMILES string of the molecule is CCc1cc(C(C)N)cc2c1NC(=O)C2CC. The van der Waals surface area contributed by atoms with E-state index in [0.717, 1.165) is 29.7 Å². The van der Waals surface area contributed by atoms with Crippen molar-refractivity contribution in [3.05, 3.63) is 28.8 Å². The van der Waals surface area contributed by atoms with Gasteiger partial charge in [0.1, 0.15) is 0 Å². The average Bonchev–Trinajstić information content (AvgIpc) is 2.62. The van der Waals surface area contributed by atoms with E-state index in [-0.39, 0.29) is 17.9 Å². The monoisotopic (exact) mass is 232 g/mol. The molecule has 0 spiro atoms. The highest BCUT2D eigenvalue weighted by molar-refractivity contribution is 6.03. The van der Waals surface area contributed by atoms with E-state index < -0.39 is 0 Å².